The van der Waals surface area contributed by atoms with Crippen LogP contribution in [-0.2, 0) is 47.4 Å². The van der Waals surface area contributed by atoms with Gasteiger partial charge < -0.3 is 42.6 Å². The van der Waals surface area contributed by atoms with E-state index in [0.717, 1.165) is 13.0 Å². The van der Waals surface area contributed by atoms with E-state index in [2.05, 4.69) is 6.92 Å². The fourth-order valence-electron chi connectivity index (χ4n) is 3.05. The Morgan fingerprint density at radius 3 is 1.13 bits per heavy atom. The molecular formula is C28H56O10. The molecule has 10 nitrogen and oxygen atoms in total. The van der Waals surface area contributed by atoms with Gasteiger partial charge in [-0.25, -0.2) is 4.79 Å². The molecule has 0 aromatic carbocycles. The Kier molecular flexibility index (Phi) is 28.5. The van der Waals surface area contributed by atoms with Gasteiger partial charge >= 0.3 is 5.97 Å². The number of hydrogen-bond acceptors (Lipinski definition) is 10. The van der Waals surface area contributed by atoms with Crippen molar-refractivity contribution in [1.82, 2.24) is 0 Å². The maximum Gasteiger partial charge on any atom is 0.332 e. The third kappa shape index (κ3) is 33.2. The maximum atomic E-state index is 11.5. The Morgan fingerprint density at radius 1 is 0.447 bits per heavy atom. The molecule has 0 spiro atoms. The van der Waals surface area contributed by atoms with Gasteiger partial charge in [0.25, 0.3) is 0 Å². The average Bonchev–Trinajstić information content (AvgIpc) is 2.86. The van der Waals surface area contributed by atoms with Crippen LogP contribution in [-0.4, -0.2) is 117 Å². The fourth-order valence-corrected chi connectivity index (χ4v) is 3.05. The lowest BCUT2D eigenvalue weighted by atomic mass is 10.1. The number of carbonyl (C=O) groups is 1. The first kappa shape index (κ1) is 37.1. The molecule has 0 rings (SSSR count). The standard InChI is InChI=1S/C28H56O10/c1-5-6-7-8-9-10-11-30-12-13-31-14-15-32-16-17-33-18-19-34-20-21-35-22-23-36-24-25-37-26-27(29)38-28(2,3)4/h5-26H2,1-4H3. The molecule has 0 bridgehead atoms. The highest BCUT2D eigenvalue weighted by Crippen LogP contribution is 2.06. The molecule has 0 aliphatic rings. The van der Waals surface area contributed by atoms with Gasteiger partial charge in [0.15, 0.2) is 0 Å². The Labute approximate surface area is 231 Å². The van der Waals surface area contributed by atoms with Crippen LogP contribution in [0.3, 0.4) is 0 Å². The molecular weight excluding hydrogens is 496 g/mol. The van der Waals surface area contributed by atoms with Gasteiger partial charge in [-0.15, -0.1) is 0 Å². The van der Waals surface area contributed by atoms with E-state index < -0.39 is 5.60 Å². The Hall–Kier alpha value is -0.850. The molecule has 0 fully saturated rings. The first-order valence-corrected chi connectivity index (χ1v) is 14.3. The second-order valence-electron chi connectivity index (χ2n) is 9.69. The monoisotopic (exact) mass is 552 g/mol. The van der Waals surface area contributed by atoms with Crippen LogP contribution in [0.25, 0.3) is 0 Å². The molecule has 38 heavy (non-hydrogen) atoms. The van der Waals surface area contributed by atoms with Gasteiger partial charge in [0.05, 0.1) is 92.5 Å². The van der Waals surface area contributed by atoms with Crippen molar-refractivity contribution in [3.05, 3.63) is 0 Å². The summed E-state index contributed by atoms with van der Waals surface area (Å²) in [5.41, 5.74) is -0.501. The van der Waals surface area contributed by atoms with Crippen LogP contribution in [0.15, 0.2) is 0 Å². The minimum atomic E-state index is -0.501. The molecule has 10 heteroatoms. The zero-order chi connectivity index (χ0) is 28.0. The lowest BCUT2D eigenvalue weighted by Crippen LogP contribution is -2.27. The highest BCUT2D eigenvalue weighted by Gasteiger charge is 2.15. The molecule has 0 unspecified atom stereocenters. The molecule has 0 atom stereocenters. The predicted octanol–water partition coefficient (Wildman–Crippen LogP) is 3.82. The molecule has 0 aliphatic heterocycles. The largest absolute Gasteiger partial charge is 0.458 e. The normalized spacial score (nSPS) is 11.8. The van der Waals surface area contributed by atoms with E-state index in [1.165, 1.54) is 32.1 Å². The predicted molar refractivity (Wildman–Crippen MR) is 146 cm³/mol. The summed E-state index contributed by atoms with van der Waals surface area (Å²) in [4.78, 5) is 11.5. The van der Waals surface area contributed by atoms with Crippen molar-refractivity contribution in [1.29, 1.82) is 0 Å². The molecule has 0 radical (unpaired) electrons. The first-order valence-electron chi connectivity index (χ1n) is 14.3. The van der Waals surface area contributed by atoms with Crippen LogP contribution < -0.4 is 0 Å². The van der Waals surface area contributed by atoms with Gasteiger partial charge in [-0.3, -0.25) is 0 Å². The Bertz CT molecular complexity index is 485. The number of ether oxygens (including phenoxy) is 9. The van der Waals surface area contributed by atoms with Gasteiger partial charge in [0.1, 0.15) is 12.2 Å². The summed E-state index contributed by atoms with van der Waals surface area (Å²) in [5, 5.41) is 0. The van der Waals surface area contributed by atoms with Crippen LogP contribution in [0.1, 0.15) is 66.2 Å². The smallest absolute Gasteiger partial charge is 0.332 e. The van der Waals surface area contributed by atoms with Crippen LogP contribution in [0, 0.1) is 0 Å². The summed E-state index contributed by atoms with van der Waals surface area (Å²) in [7, 11) is 0. The maximum absolute atomic E-state index is 11.5. The summed E-state index contributed by atoms with van der Waals surface area (Å²) >= 11 is 0. The average molecular weight is 553 g/mol. The molecule has 0 saturated heterocycles. The molecule has 0 N–H and O–H groups in total. The number of hydrogen-bond donors (Lipinski definition) is 0. The van der Waals surface area contributed by atoms with E-state index in [0.29, 0.717) is 92.5 Å². The quantitative estimate of drug-likeness (QED) is 0.0966. The second-order valence-corrected chi connectivity index (χ2v) is 9.69. The van der Waals surface area contributed by atoms with E-state index in [1.807, 2.05) is 20.8 Å². The number of unbranched alkanes of at least 4 members (excludes halogenated alkanes) is 5. The summed E-state index contributed by atoms with van der Waals surface area (Å²) < 4.78 is 48.6. The summed E-state index contributed by atoms with van der Waals surface area (Å²) in [6.07, 6.45) is 7.67. The summed E-state index contributed by atoms with van der Waals surface area (Å²) in [5.74, 6) is -0.379. The van der Waals surface area contributed by atoms with Crippen LogP contribution in [0.4, 0.5) is 0 Å². The zero-order valence-electron chi connectivity index (χ0n) is 24.6. The van der Waals surface area contributed by atoms with Crippen molar-refractivity contribution in [2.24, 2.45) is 0 Å². The van der Waals surface area contributed by atoms with Crippen LogP contribution >= 0.6 is 0 Å². The van der Waals surface area contributed by atoms with Gasteiger partial charge in [-0.2, -0.15) is 0 Å². The molecule has 0 saturated carbocycles. The number of esters is 1. The van der Waals surface area contributed by atoms with Crippen molar-refractivity contribution in [3.8, 4) is 0 Å². The summed E-state index contributed by atoms with van der Waals surface area (Å²) in [6, 6.07) is 0. The third-order valence-corrected chi connectivity index (χ3v) is 4.89. The van der Waals surface area contributed by atoms with Crippen molar-refractivity contribution >= 4 is 5.97 Å². The van der Waals surface area contributed by atoms with Gasteiger partial charge in [0.2, 0.25) is 0 Å². The van der Waals surface area contributed by atoms with Crippen molar-refractivity contribution in [2.45, 2.75) is 71.8 Å². The Morgan fingerprint density at radius 2 is 0.763 bits per heavy atom. The molecule has 0 heterocycles. The molecule has 228 valence electrons. The van der Waals surface area contributed by atoms with Crippen molar-refractivity contribution in [3.63, 3.8) is 0 Å². The number of rotatable bonds is 30. The highest BCUT2D eigenvalue weighted by molar-refractivity contribution is 5.71. The third-order valence-electron chi connectivity index (χ3n) is 4.89. The minimum absolute atomic E-state index is 0.0736. The Balaban J connectivity index is 3.09. The van der Waals surface area contributed by atoms with Gasteiger partial charge in [-0.05, 0) is 27.2 Å². The van der Waals surface area contributed by atoms with Crippen LogP contribution in [0.2, 0.25) is 0 Å². The molecule has 0 aromatic heterocycles. The second kappa shape index (κ2) is 29.1. The van der Waals surface area contributed by atoms with E-state index >= 15 is 0 Å². The summed E-state index contributed by atoms with van der Waals surface area (Å²) in [6.45, 7) is 15.5. The first-order chi connectivity index (χ1) is 18.5. The van der Waals surface area contributed by atoms with Crippen molar-refractivity contribution in [2.75, 3.05) is 106 Å². The van der Waals surface area contributed by atoms with Crippen LogP contribution in [0.5, 0.6) is 0 Å². The van der Waals surface area contributed by atoms with E-state index in [4.69, 9.17) is 42.6 Å². The van der Waals surface area contributed by atoms with Gasteiger partial charge in [-0.1, -0.05) is 39.0 Å². The molecule has 0 amide bonds. The van der Waals surface area contributed by atoms with Crippen molar-refractivity contribution < 1.29 is 47.4 Å². The SMILES string of the molecule is CCCCCCCCOCCOCCOCCOCCOCCOCCOCCOCC(=O)OC(C)(C)C. The highest BCUT2D eigenvalue weighted by atomic mass is 16.6. The lowest BCUT2D eigenvalue weighted by Gasteiger charge is -2.19. The molecule has 0 aromatic rings. The van der Waals surface area contributed by atoms with E-state index in [9.17, 15) is 4.79 Å². The topological polar surface area (TPSA) is 100 Å². The van der Waals surface area contributed by atoms with Gasteiger partial charge in [0, 0.05) is 6.61 Å². The minimum Gasteiger partial charge on any atom is -0.458 e. The number of carbonyl (C=O) groups excluding carboxylic acids is 1. The van der Waals surface area contributed by atoms with E-state index in [-0.39, 0.29) is 12.6 Å². The lowest BCUT2D eigenvalue weighted by molar-refractivity contribution is -0.160. The fraction of sp³-hybridized carbons (Fsp3) is 0.964. The zero-order valence-corrected chi connectivity index (χ0v) is 24.6. The molecule has 0 aliphatic carbocycles. The van der Waals surface area contributed by atoms with E-state index in [1.54, 1.807) is 0 Å².